The van der Waals surface area contributed by atoms with Gasteiger partial charge in [0.25, 0.3) is 0 Å². The summed E-state index contributed by atoms with van der Waals surface area (Å²) in [7, 11) is 0. The van der Waals surface area contributed by atoms with Crippen LogP contribution in [0.4, 0.5) is 0 Å². The number of imidazole rings is 1. The zero-order valence-electron chi connectivity index (χ0n) is 23.6. The van der Waals surface area contributed by atoms with Crippen molar-refractivity contribution in [1.82, 2.24) is 24.5 Å². The van der Waals surface area contributed by atoms with Crippen molar-refractivity contribution in [3.63, 3.8) is 0 Å². The molecule has 0 bridgehead atoms. The predicted octanol–water partition coefficient (Wildman–Crippen LogP) is 7.03. The van der Waals surface area contributed by atoms with Crippen LogP contribution >= 0.6 is 0 Å². The smallest absolute Gasteiger partial charge is 0.307 e. The van der Waals surface area contributed by atoms with Gasteiger partial charge in [-0.15, -0.1) is 0 Å². The first-order chi connectivity index (χ1) is 21.1. The molecule has 1 aliphatic rings. The van der Waals surface area contributed by atoms with E-state index in [1.165, 1.54) is 0 Å². The van der Waals surface area contributed by atoms with Gasteiger partial charge in [0.1, 0.15) is 18.2 Å². The van der Waals surface area contributed by atoms with Gasteiger partial charge in [-0.2, -0.15) is 0 Å². The normalized spacial score (nSPS) is 16.8. The number of nitrogens with zero attached hydrogens (tertiary/aromatic N) is 5. The Kier molecular flexibility index (Phi) is 7.25. The highest BCUT2D eigenvalue weighted by Gasteiger charge is 2.35. The molecule has 7 rings (SSSR count). The number of carboxylic acid groups (broad SMARTS) is 1. The van der Waals surface area contributed by atoms with Crippen LogP contribution in [0.1, 0.15) is 48.7 Å². The molecule has 0 amide bonds. The summed E-state index contributed by atoms with van der Waals surface area (Å²) in [6.07, 6.45) is 6.86. The fraction of sp³-hybridized carbons (Fsp3) is 0.229. The molecule has 3 heterocycles. The van der Waals surface area contributed by atoms with E-state index in [0.29, 0.717) is 31.1 Å². The third kappa shape index (κ3) is 5.56. The van der Waals surface area contributed by atoms with Crippen molar-refractivity contribution >= 4 is 27.9 Å². The van der Waals surface area contributed by atoms with Crippen molar-refractivity contribution < 1.29 is 14.6 Å². The molecule has 8 heteroatoms. The Morgan fingerprint density at radius 2 is 1.72 bits per heavy atom. The van der Waals surface area contributed by atoms with Gasteiger partial charge in [0.15, 0.2) is 5.82 Å². The molecule has 2 atom stereocenters. The molecule has 43 heavy (non-hydrogen) atoms. The molecule has 1 fully saturated rings. The largest absolute Gasteiger partial charge is 0.487 e. The third-order valence-corrected chi connectivity index (χ3v) is 8.30. The maximum Gasteiger partial charge on any atom is 0.307 e. The van der Waals surface area contributed by atoms with Gasteiger partial charge in [-0.3, -0.25) is 4.79 Å². The van der Waals surface area contributed by atoms with E-state index in [0.717, 1.165) is 63.8 Å². The van der Waals surface area contributed by atoms with Crippen molar-refractivity contribution in [2.45, 2.75) is 44.8 Å². The third-order valence-electron chi connectivity index (χ3n) is 8.30. The minimum absolute atomic E-state index is 0.162. The summed E-state index contributed by atoms with van der Waals surface area (Å²) in [4.78, 5) is 30.9. The number of carbonyl (C=O) groups is 1. The molecular weight excluding hydrogens is 538 g/mol. The highest BCUT2D eigenvalue weighted by Crippen LogP contribution is 2.39. The number of rotatable bonds is 8. The van der Waals surface area contributed by atoms with Crippen LogP contribution in [0.5, 0.6) is 5.75 Å². The van der Waals surface area contributed by atoms with Crippen molar-refractivity contribution in [3.8, 4) is 17.1 Å². The second-order valence-electron chi connectivity index (χ2n) is 11.1. The summed E-state index contributed by atoms with van der Waals surface area (Å²) in [5.74, 6) is 0.810. The van der Waals surface area contributed by atoms with Gasteiger partial charge in [-0.25, -0.2) is 19.9 Å². The summed E-state index contributed by atoms with van der Waals surface area (Å²) < 4.78 is 8.35. The zero-order valence-corrected chi connectivity index (χ0v) is 23.6. The van der Waals surface area contributed by atoms with Crippen molar-refractivity contribution in [2.75, 3.05) is 0 Å². The lowest BCUT2D eigenvalue weighted by molar-refractivity contribution is -0.143. The number of aliphatic carboxylic acids is 1. The lowest BCUT2D eigenvalue weighted by Gasteiger charge is -2.28. The van der Waals surface area contributed by atoms with E-state index < -0.39 is 11.9 Å². The van der Waals surface area contributed by atoms with Gasteiger partial charge in [-0.05, 0) is 54.8 Å². The van der Waals surface area contributed by atoms with Gasteiger partial charge >= 0.3 is 5.97 Å². The topological polar surface area (TPSA) is 103 Å². The van der Waals surface area contributed by atoms with E-state index >= 15 is 0 Å². The van der Waals surface area contributed by atoms with Crippen LogP contribution in [0.15, 0.2) is 97.3 Å². The molecule has 1 aliphatic carbocycles. The first-order valence-corrected chi connectivity index (χ1v) is 14.7. The SMILES string of the molecule is O=C(O)[C@H]1CCCCC1c1nc2cc(OCc3ccc4ccccc4n3)ccc2n1Cc1cccc(-c2ncccn2)c1. The number of ether oxygens (including phenoxy) is 1. The van der Waals surface area contributed by atoms with Gasteiger partial charge in [0.2, 0.25) is 0 Å². The summed E-state index contributed by atoms with van der Waals surface area (Å²) >= 11 is 0. The van der Waals surface area contributed by atoms with Crippen LogP contribution in [0.3, 0.4) is 0 Å². The number of hydrogen-bond acceptors (Lipinski definition) is 6. The molecule has 1 saturated carbocycles. The fourth-order valence-electron chi connectivity index (χ4n) is 6.19. The first kappa shape index (κ1) is 26.8. The highest BCUT2D eigenvalue weighted by atomic mass is 16.5. The molecule has 1 N–H and O–H groups in total. The maximum atomic E-state index is 12.3. The molecule has 214 valence electrons. The number of aromatic nitrogens is 5. The minimum atomic E-state index is -0.751. The van der Waals surface area contributed by atoms with E-state index in [-0.39, 0.29) is 5.92 Å². The lowest BCUT2D eigenvalue weighted by Crippen LogP contribution is -2.27. The number of para-hydroxylation sites is 1. The standard InChI is InChI=1S/C35H31N5O3/c41-35(42)29-11-3-2-10-28(29)34-39-31-20-27(43-22-26-14-13-24-8-1-4-12-30(24)38-26)15-16-32(31)40(34)21-23-7-5-9-25(19-23)33-36-17-6-18-37-33/h1,4-9,12-20,28-29H,2-3,10-11,21-22H2,(H,41,42)/t28?,29-/m0/s1. The van der Waals surface area contributed by atoms with Crippen LogP contribution in [-0.2, 0) is 17.9 Å². The summed E-state index contributed by atoms with van der Waals surface area (Å²) in [6, 6.07) is 28.0. The van der Waals surface area contributed by atoms with E-state index in [9.17, 15) is 9.90 Å². The van der Waals surface area contributed by atoms with Gasteiger partial charge in [0, 0.05) is 41.9 Å². The minimum Gasteiger partial charge on any atom is -0.487 e. The van der Waals surface area contributed by atoms with E-state index in [4.69, 9.17) is 14.7 Å². The van der Waals surface area contributed by atoms with Gasteiger partial charge in [-0.1, -0.05) is 55.3 Å². The molecule has 0 aliphatic heterocycles. The van der Waals surface area contributed by atoms with Crippen LogP contribution in [0.25, 0.3) is 33.3 Å². The van der Waals surface area contributed by atoms with Crippen molar-refractivity contribution in [2.24, 2.45) is 5.92 Å². The van der Waals surface area contributed by atoms with E-state index in [1.54, 1.807) is 18.5 Å². The Morgan fingerprint density at radius 3 is 2.60 bits per heavy atom. The average molecular weight is 570 g/mol. The van der Waals surface area contributed by atoms with E-state index in [2.05, 4.69) is 32.7 Å². The van der Waals surface area contributed by atoms with Crippen LogP contribution in [0.2, 0.25) is 0 Å². The number of hydrogen-bond donors (Lipinski definition) is 1. The Labute approximate surface area is 249 Å². The van der Waals surface area contributed by atoms with Crippen LogP contribution < -0.4 is 4.74 Å². The quantitative estimate of drug-likeness (QED) is 0.210. The Bertz CT molecular complexity index is 1920. The zero-order chi connectivity index (χ0) is 29.2. The second kappa shape index (κ2) is 11.6. The Hall–Kier alpha value is -5.11. The first-order valence-electron chi connectivity index (χ1n) is 14.7. The number of benzene rings is 3. The number of carboxylic acids is 1. The molecule has 3 aromatic carbocycles. The summed E-state index contributed by atoms with van der Waals surface area (Å²) in [5.41, 5.74) is 5.52. The summed E-state index contributed by atoms with van der Waals surface area (Å²) in [6.45, 7) is 0.887. The number of fused-ring (bicyclic) bond motifs is 2. The average Bonchev–Trinajstić information content (AvgIpc) is 3.41. The van der Waals surface area contributed by atoms with E-state index in [1.807, 2.05) is 60.7 Å². The van der Waals surface area contributed by atoms with Crippen LogP contribution in [0, 0.1) is 5.92 Å². The monoisotopic (exact) mass is 569 g/mol. The Balaban J connectivity index is 1.23. The second-order valence-corrected chi connectivity index (χ2v) is 11.1. The molecule has 0 saturated heterocycles. The summed E-state index contributed by atoms with van der Waals surface area (Å²) in [5, 5.41) is 11.2. The lowest BCUT2D eigenvalue weighted by atomic mass is 9.78. The molecule has 1 unspecified atom stereocenters. The Morgan fingerprint density at radius 1 is 0.860 bits per heavy atom. The maximum absolute atomic E-state index is 12.3. The van der Waals surface area contributed by atoms with Gasteiger partial charge in [0.05, 0.1) is 28.2 Å². The van der Waals surface area contributed by atoms with Crippen molar-refractivity contribution in [1.29, 1.82) is 0 Å². The van der Waals surface area contributed by atoms with Gasteiger partial charge < -0.3 is 14.4 Å². The van der Waals surface area contributed by atoms with Crippen LogP contribution in [-0.4, -0.2) is 35.6 Å². The molecular formula is C35H31N5O3. The molecule has 3 aromatic heterocycles. The molecule has 8 nitrogen and oxygen atoms in total. The fourth-order valence-corrected chi connectivity index (χ4v) is 6.19. The predicted molar refractivity (Wildman–Crippen MR) is 165 cm³/mol. The molecule has 0 radical (unpaired) electrons. The molecule has 0 spiro atoms. The highest BCUT2D eigenvalue weighted by molar-refractivity contribution is 5.79. The molecule has 6 aromatic rings. The number of pyridine rings is 1. The van der Waals surface area contributed by atoms with Crippen molar-refractivity contribution in [3.05, 3.63) is 114 Å².